The van der Waals surface area contributed by atoms with E-state index in [-0.39, 0.29) is 11.8 Å². The molecule has 3 aliphatic carbocycles. The number of hydroxylamine groups is 1. The van der Waals surface area contributed by atoms with Crippen molar-refractivity contribution in [1.29, 1.82) is 0 Å². The number of hydrogen-bond acceptors (Lipinski definition) is 4. The standard InChI is InChI=1S/C38H28N2O3/c1-24-13-12-18-27(23-24)39-35(41)37-32-28-19-8-10-21-30(28)33(31-22-11-9-20-29(31)32)38(37,36(39)42)43-40(26-16-6-3-7-17-26)34(37)25-14-4-2-5-15-25/h2-23,32-34H,1H3. The summed E-state index contributed by atoms with van der Waals surface area (Å²) in [5, 5.41) is 1.87. The number of amides is 2. The molecule has 5 aromatic carbocycles. The highest BCUT2D eigenvalue weighted by atomic mass is 16.7. The fourth-order valence-corrected chi connectivity index (χ4v) is 8.67. The number of carbonyl (C=O) groups is 2. The summed E-state index contributed by atoms with van der Waals surface area (Å²) in [5.74, 6) is -1.40. The number of hydrogen-bond donors (Lipinski definition) is 0. The van der Waals surface area contributed by atoms with Gasteiger partial charge in [0.25, 0.3) is 5.91 Å². The third-order valence-electron chi connectivity index (χ3n) is 10.1. The van der Waals surface area contributed by atoms with Crippen molar-refractivity contribution in [2.45, 2.75) is 30.4 Å². The molecule has 5 heteroatoms. The van der Waals surface area contributed by atoms with Crippen molar-refractivity contribution in [2.24, 2.45) is 5.41 Å². The normalized spacial score (nSPS) is 28.0. The van der Waals surface area contributed by atoms with Crippen molar-refractivity contribution in [3.8, 4) is 0 Å². The number of benzene rings is 5. The molecule has 0 saturated carbocycles. The third-order valence-corrected chi connectivity index (χ3v) is 10.1. The molecule has 3 atom stereocenters. The second-order valence-corrected chi connectivity index (χ2v) is 12.1. The molecule has 0 spiro atoms. The van der Waals surface area contributed by atoms with Crippen LogP contribution < -0.4 is 9.96 Å². The molecule has 2 bridgehead atoms. The van der Waals surface area contributed by atoms with Crippen LogP contribution in [0.1, 0.15) is 51.3 Å². The first-order valence-corrected chi connectivity index (χ1v) is 14.8. The summed E-state index contributed by atoms with van der Waals surface area (Å²) in [6.07, 6.45) is 0. The predicted octanol–water partition coefficient (Wildman–Crippen LogP) is 7.08. The van der Waals surface area contributed by atoms with Gasteiger partial charge in [0.1, 0.15) is 11.5 Å². The zero-order valence-corrected chi connectivity index (χ0v) is 23.6. The van der Waals surface area contributed by atoms with Crippen molar-refractivity contribution in [2.75, 3.05) is 9.96 Å². The third kappa shape index (κ3) is 2.81. The minimum Gasteiger partial charge on any atom is -0.273 e. The maximum absolute atomic E-state index is 15.6. The first-order chi connectivity index (χ1) is 21.1. The molecule has 10 rings (SSSR count). The molecular weight excluding hydrogens is 532 g/mol. The second-order valence-electron chi connectivity index (χ2n) is 12.1. The average molecular weight is 561 g/mol. The van der Waals surface area contributed by atoms with Gasteiger partial charge >= 0.3 is 0 Å². The number of imide groups is 1. The van der Waals surface area contributed by atoms with E-state index in [1.165, 1.54) is 4.90 Å². The summed E-state index contributed by atoms with van der Waals surface area (Å²) in [4.78, 5) is 39.7. The molecule has 5 aromatic rings. The number of carbonyl (C=O) groups excluding carboxylic acids is 2. The lowest BCUT2D eigenvalue weighted by Crippen LogP contribution is -2.63. The molecule has 2 fully saturated rings. The molecule has 5 nitrogen and oxygen atoms in total. The first kappa shape index (κ1) is 24.6. The van der Waals surface area contributed by atoms with E-state index in [0.29, 0.717) is 5.69 Å². The monoisotopic (exact) mass is 560 g/mol. The van der Waals surface area contributed by atoms with Gasteiger partial charge in [0.15, 0.2) is 0 Å². The van der Waals surface area contributed by atoms with E-state index in [2.05, 4.69) is 36.4 Å². The fraction of sp³-hybridized carbons (Fsp3) is 0.158. The molecule has 0 N–H and O–H groups in total. The van der Waals surface area contributed by atoms with E-state index in [1.54, 1.807) is 0 Å². The number of nitrogens with zero attached hydrogens (tertiary/aromatic N) is 2. The Kier molecular flexibility index (Phi) is 4.87. The van der Waals surface area contributed by atoms with E-state index >= 15 is 9.59 Å². The van der Waals surface area contributed by atoms with Crippen LogP contribution in [0, 0.1) is 12.3 Å². The molecular formula is C38H28N2O3. The summed E-state index contributed by atoms with van der Waals surface area (Å²) in [6.45, 7) is 1.98. The van der Waals surface area contributed by atoms with E-state index in [4.69, 9.17) is 4.84 Å². The van der Waals surface area contributed by atoms with E-state index < -0.39 is 28.9 Å². The lowest BCUT2D eigenvalue weighted by atomic mass is 9.43. The summed E-state index contributed by atoms with van der Waals surface area (Å²) < 4.78 is 0. The number of rotatable bonds is 3. The Bertz CT molecular complexity index is 1910. The Morgan fingerprint density at radius 2 is 1.12 bits per heavy atom. The van der Waals surface area contributed by atoms with Gasteiger partial charge < -0.3 is 0 Å². The van der Waals surface area contributed by atoms with Crippen LogP contribution in [-0.4, -0.2) is 17.4 Å². The van der Waals surface area contributed by atoms with Gasteiger partial charge in [0.2, 0.25) is 11.5 Å². The van der Waals surface area contributed by atoms with Gasteiger partial charge in [0.05, 0.1) is 17.3 Å². The fourth-order valence-electron chi connectivity index (χ4n) is 8.67. The number of aryl methyl sites for hydroxylation is 1. The molecule has 0 aromatic heterocycles. The van der Waals surface area contributed by atoms with Crippen molar-refractivity contribution >= 4 is 23.2 Å². The van der Waals surface area contributed by atoms with Gasteiger partial charge in [0, 0.05) is 5.92 Å². The van der Waals surface area contributed by atoms with Crippen LogP contribution in [0.15, 0.2) is 133 Å². The topological polar surface area (TPSA) is 49.9 Å². The lowest BCUT2D eigenvalue weighted by Gasteiger charge is -2.55. The minimum atomic E-state index is -1.50. The van der Waals surface area contributed by atoms with Crippen molar-refractivity contribution in [3.05, 3.63) is 167 Å². The van der Waals surface area contributed by atoms with Gasteiger partial charge in [-0.3, -0.25) is 14.4 Å². The van der Waals surface area contributed by atoms with Crippen LogP contribution in [0.2, 0.25) is 0 Å². The quantitative estimate of drug-likeness (QED) is 0.221. The Morgan fingerprint density at radius 1 is 0.581 bits per heavy atom. The van der Waals surface area contributed by atoms with Gasteiger partial charge in [-0.2, -0.15) is 0 Å². The molecule has 0 radical (unpaired) electrons. The van der Waals surface area contributed by atoms with Gasteiger partial charge in [-0.25, -0.2) is 9.96 Å². The highest BCUT2D eigenvalue weighted by molar-refractivity contribution is 6.29. The maximum atomic E-state index is 15.6. The van der Waals surface area contributed by atoms with E-state index in [1.807, 2.05) is 109 Å². The summed E-state index contributed by atoms with van der Waals surface area (Å²) in [5.41, 5.74) is 4.81. The molecule has 3 unspecified atom stereocenters. The van der Waals surface area contributed by atoms with E-state index in [0.717, 1.165) is 39.1 Å². The smallest absolute Gasteiger partial charge is 0.271 e. The zero-order chi connectivity index (χ0) is 28.9. The van der Waals surface area contributed by atoms with Crippen molar-refractivity contribution in [1.82, 2.24) is 0 Å². The number of anilines is 2. The Labute approximate surface area is 249 Å². The Hall–Kier alpha value is -5.00. The van der Waals surface area contributed by atoms with Crippen LogP contribution in [0.3, 0.4) is 0 Å². The van der Waals surface area contributed by atoms with Gasteiger partial charge in [-0.1, -0.05) is 109 Å². The summed E-state index contributed by atoms with van der Waals surface area (Å²) in [6, 6.07) is 43.7. The predicted molar refractivity (Wildman–Crippen MR) is 165 cm³/mol. The average Bonchev–Trinajstić information content (AvgIpc) is 3.49. The SMILES string of the molecule is Cc1cccc(N2C(=O)C34ON(c5ccccc5)C(c5ccccc5)C3(C2=O)C2c3ccccc3C4c3ccccc32)c1. The molecule has 208 valence electrons. The summed E-state index contributed by atoms with van der Waals surface area (Å²) >= 11 is 0. The Balaban J connectivity index is 1.44. The van der Waals surface area contributed by atoms with Crippen LogP contribution in [0.25, 0.3) is 0 Å². The van der Waals surface area contributed by atoms with Crippen LogP contribution in [0.4, 0.5) is 11.4 Å². The molecule has 2 amide bonds. The second kappa shape index (κ2) is 8.52. The van der Waals surface area contributed by atoms with E-state index in [9.17, 15) is 0 Å². The van der Waals surface area contributed by atoms with Crippen molar-refractivity contribution in [3.63, 3.8) is 0 Å². The zero-order valence-electron chi connectivity index (χ0n) is 23.6. The highest BCUT2D eigenvalue weighted by Gasteiger charge is 2.87. The van der Waals surface area contributed by atoms with Gasteiger partial charge in [-0.05, 0) is 64.6 Å². The van der Waals surface area contributed by atoms with Crippen molar-refractivity contribution < 1.29 is 14.4 Å². The van der Waals surface area contributed by atoms with Gasteiger partial charge in [-0.15, -0.1) is 0 Å². The van der Waals surface area contributed by atoms with Crippen LogP contribution >= 0.6 is 0 Å². The highest BCUT2D eigenvalue weighted by Crippen LogP contribution is 2.77. The first-order valence-electron chi connectivity index (χ1n) is 14.8. The summed E-state index contributed by atoms with van der Waals surface area (Å²) in [7, 11) is 0. The maximum Gasteiger partial charge on any atom is 0.271 e. The molecule has 2 heterocycles. The molecule has 5 aliphatic rings. The molecule has 2 saturated heterocycles. The molecule has 43 heavy (non-hydrogen) atoms. The van der Waals surface area contributed by atoms with Crippen LogP contribution in [-0.2, 0) is 14.4 Å². The largest absolute Gasteiger partial charge is 0.273 e. The minimum absolute atomic E-state index is 0.214. The Morgan fingerprint density at radius 3 is 1.72 bits per heavy atom. The molecule has 2 aliphatic heterocycles. The number of para-hydroxylation sites is 1. The lowest BCUT2D eigenvalue weighted by molar-refractivity contribution is -0.153. The van der Waals surface area contributed by atoms with Crippen LogP contribution in [0.5, 0.6) is 0 Å².